The number of para-hydroxylation sites is 1. The lowest BCUT2D eigenvalue weighted by atomic mass is 9.94. The fourth-order valence-corrected chi connectivity index (χ4v) is 4.81. The fourth-order valence-electron chi connectivity index (χ4n) is 4.81. The van der Waals surface area contributed by atoms with Crippen LogP contribution in [0.3, 0.4) is 0 Å². The van der Waals surface area contributed by atoms with Crippen molar-refractivity contribution in [2.24, 2.45) is 0 Å². The molecule has 1 aromatic heterocycles. The number of Topliss-reactive ketones (excluding diaryl/α,β-unsaturated/α-hetero) is 1. The zero-order valence-electron chi connectivity index (χ0n) is 20.6. The summed E-state index contributed by atoms with van der Waals surface area (Å²) in [7, 11) is 0. The number of carbonyl (C=O) groups is 2. The second-order valence-electron chi connectivity index (χ2n) is 8.92. The minimum Gasteiger partial charge on any atom is -0.503 e. The highest BCUT2D eigenvalue weighted by atomic mass is 16.3. The molecular formula is C30H28N2O4. The summed E-state index contributed by atoms with van der Waals surface area (Å²) in [5.74, 6) is -1.60. The topological polar surface area (TPSA) is 74.0 Å². The quantitative estimate of drug-likeness (QED) is 0.311. The summed E-state index contributed by atoms with van der Waals surface area (Å²) >= 11 is 0. The number of anilines is 2. The predicted molar refractivity (Wildman–Crippen MR) is 142 cm³/mol. The lowest BCUT2D eigenvalue weighted by Gasteiger charge is -2.28. The molecule has 1 aliphatic rings. The van der Waals surface area contributed by atoms with Crippen molar-refractivity contribution in [3.63, 3.8) is 0 Å². The molecule has 3 aromatic carbocycles. The van der Waals surface area contributed by atoms with Gasteiger partial charge in [-0.1, -0.05) is 48.0 Å². The number of aliphatic hydroxyl groups excluding tert-OH is 1. The maximum absolute atomic E-state index is 13.8. The first-order valence-electron chi connectivity index (χ1n) is 12.1. The third-order valence-electron chi connectivity index (χ3n) is 6.75. The molecule has 1 aliphatic heterocycles. The smallest absolute Gasteiger partial charge is 0.294 e. The second-order valence-corrected chi connectivity index (χ2v) is 8.92. The van der Waals surface area contributed by atoms with Crippen molar-refractivity contribution in [1.29, 1.82) is 0 Å². The normalized spacial score (nSPS) is 15.7. The summed E-state index contributed by atoms with van der Waals surface area (Å²) in [5, 5.41) is 11.8. The third-order valence-corrected chi connectivity index (χ3v) is 6.75. The van der Waals surface area contributed by atoms with Crippen molar-refractivity contribution in [2.75, 3.05) is 22.9 Å². The maximum Gasteiger partial charge on any atom is 0.294 e. The Hall–Kier alpha value is -4.32. The van der Waals surface area contributed by atoms with Crippen LogP contribution in [0, 0.1) is 6.92 Å². The van der Waals surface area contributed by atoms with Gasteiger partial charge in [-0.05, 0) is 62.7 Å². The molecular weight excluding hydrogens is 452 g/mol. The zero-order valence-corrected chi connectivity index (χ0v) is 20.6. The molecule has 1 amide bonds. The van der Waals surface area contributed by atoms with Crippen LogP contribution in [0.2, 0.25) is 0 Å². The number of fused-ring (bicyclic) bond motifs is 1. The molecule has 1 N–H and O–H groups in total. The van der Waals surface area contributed by atoms with Crippen LogP contribution in [0.4, 0.5) is 11.4 Å². The van der Waals surface area contributed by atoms with E-state index < -0.39 is 23.5 Å². The summed E-state index contributed by atoms with van der Waals surface area (Å²) in [4.78, 5) is 30.8. The Morgan fingerprint density at radius 2 is 1.64 bits per heavy atom. The van der Waals surface area contributed by atoms with Crippen LogP contribution in [0.15, 0.2) is 94.6 Å². The van der Waals surface area contributed by atoms with E-state index in [1.54, 1.807) is 12.1 Å². The van der Waals surface area contributed by atoms with Crippen LogP contribution in [0.1, 0.15) is 41.6 Å². The summed E-state index contributed by atoms with van der Waals surface area (Å²) in [6.45, 7) is 7.88. The van der Waals surface area contributed by atoms with E-state index in [2.05, 4.69) is 18.7 Å². The van der Waals surface area contributed by atoms with E-state index >= 15 is 0 Å². The Balaban J connectivity index is 1.62. The summed E-state index contributed by atoms with van der Waals surface area (Å²) in [6.07, 6.45) is 0. The molecule has 6 nitrogen and oxygen atoms in total. The van der Waals surface area contributed by atoms with Gasteiger partial charge in [0, 0.05) is 29.9 Å². The molecule has 182 valence electrons. The Morgan fingerprint density at radius 1 is 0.972 bits per heavy atom. The van der Waals surface area contributed by atoms with Crippen molar-refractivity contribution in [3.05, 3.63) is 107 Å². The molecule has 0 bridgehead atoms. The lowest BCUT2D eigenvalue weighted by Crippen LogP contribution is -2.31. The van der Waals surface area contributed by atoms with Gasteiger partial charge in [0.25, 0.3) is 5.91 Å². The molecule has 0 spiro atoms. The van der Waals surface area contributed by atoms with Gasteiger partial charge in [-0.2, -0.15) is 0 Å². The van der Waals surface area contributed by atoms with Crippen molar-refractivity contribution < 1.29 is 19.1 Å². The summed E-state index contributed by atoms with van der Waals surface area (Å²) < 4.78 is 5.82. The monoisotopic (exact) mass is 480 g/mol. The number of rotatable bonds is 7. The largest absolute Gasteiger partial charge is 0.503 e. The third kappa shape index (κ3) is 3.94. The Labute approximate surface area is 210 Å². The SMILES string of the molecule is CCN(CC)c1ccc(C2C(C(=O)c3cc4ccccc4o3)=C(O)C(=O)N2c2ccc(C)cc2)cc1. The molecule has 0 radical (unpaired) electrons. The Morgan fingerprint density at radius 3 is 2.28 bits per heavy atom. The predicted octanol–water partition coefficient (Wildman–Crippen LogP) is 6.37. The van der Waals surface area contributed by atoms with Crippen LogP contribution in [-0.4, -0.2) is 29.9 Å². The van der Waals surface area contributed by atoms with Gasteiger partial charge in [0.1, 0.15) is 5.58 Å². The van der Waals surface area contributed by atoms with Gasteiger partial charge in [0.15, 0.2) is 11.5 Å². The molecule has 0 aliphatic carbocycles. The van der Waals surface area contributed by atoms with Gasteiger partial charge in [-0.3, -0.25) is 14.5 Å². The van der Waals surface area contributed by atoms with E-state index in [0.29, 0.717) is 11.3 Å². The van der Waals surface area contributed by atoms with Gasteiger partial charge in [0.2, 0.25) is 5.78 Å². The standard InChI is InChI=1S/C30H28N2O4/c1-4-31(5-2)22-16-12-20(13-17-22)27-26(28(33)25-18-21-8-6-7-9-24(21)36-25)29(34)30(35)32(27)23-14-10-19(3)11-15-23/h6-18,27,34H,4-5H2,1-3H3. The van der Waals surface area contributed by atoms with Crippen LogP contribution >= 0.6 is 0 Å². The second kappa shape index (κ2) is 9.38. The number of carbonyl (C=O) groups excluding carboxylic acids is 2. The van der Waals surface area contributed by atoms with Crippen LogP contribution in [0.25, 0.3) is 11.0 Å². The minimum atomic E-state index is -0.799. The number of hydrogen-bond acceptors (Lipinski definition) is 5. The van der Waals surface area contributed by atoms with Gasteiger partial charge in [-0.25, -0.2) is 0 Å². The number of nitrogens with zero attached hydrogens (tertiary/aromatic N) is 2. The molecule has 6 heteroatoms. The number of furan rings is 1. The van der Waals surface area contributed by atoms with E-state index in [0.717, 1.165) is 35.3 Å². The highest BCUT2D eigenvalue weighted by Crippen LogP contribution is 2.42. The first-order chi connectivity index (χ1) is 17.4. The molecule has 0 saturated heterocycles. The number of amides is 1. The summed E-state index contributed by atoms with van der Waals surface area (Å²) in [5.41, 5.74) is 4.00. The molecule has 0 fully saturated rings. The highest BCUT2D eigenvalue weighted by molar-refractivity contribution is 6.20. The van der Waals surface area contributed by atoms with Crippen LogP contribution in [-0.2, 0) is 4.79 Å². The van der Waals surface area contributed by atoms with E-state index in [1.165, 1.54) is 4.90 Å². The van der Waals surface area contributed by atoms with Crippen molar-refractivity contribution >= 4 is 34.0 Å². The maximum atomic E-state index is 13.8. The van der Waals surface area contributed by atoms with E-state index in [1.807, 2.05) is 73.7 Å². The Kier molecular flexibility index (Phi) is 6.10. The number of ketones is 1. The van der Waals surface area contributed by atoms with Crippen LogP contribution in [0.5, 0.6) is 0 Å². The molecule has 0 saturated carbocycles. The van der Waals surface area contributed by atoms with Gasteiger partial charge in [-0.15, -0.1) is 0 Å². The van der Waals surface area contributed by atoms with Crippen molar-refractivity contribution in [1.82, 2.24) is 0 Å². The highest BCUT2D eigenvalue weighted by Gasteiger charge is 2.45. The Bertz CT molecular complexity index is 1430. The molecule has 2 heterocycles. The van der Waals surface area contributed by atoms with Crippen molar-refractivity contribution in [3.8, 4) is 0 Å². The first-order valence-corrected chi connectivity index (χ1v) is 12.1. The molecule has 5 rings (SSSR count). The van der Waals surface area contributed by atoms with E-state index in [9.17, 15) is 14.7 Å². The van der Waals surface area contributed by atoms with Gasteiger partial charge >= 0.3 is 0 Å². The minimum absolute atomic E-state index is 0.00946. The summed E-state index contributed by atoms with van der Waals surface area (Å²) in [6, 6.07) is 23.4. The average Bonchev–Trinajstić information content (AvgIpc) is 3.45. The number of aliphatic hydroxyl groups is 1. The molecule has 4 aromatic rings. The average molecular weight is 481 g/mol. The number of benzene rings is 3. The first kappa shape index (κ1) is 23.4. The van der Waals surface area contributed by atoms with Crippen molar-refractivity contribution in [2.45, 2.75) is 26.8 Å². The van der Waals surface area contributed by atoms with Gasteiger partial charge < -0.3 is 14.4 Å². The van der Waals surface area contributed by atoms with E-state index in [-0.39, 0.29) is 11.3 Å². The lowest BCUT2D eigenvalue weighted by molar-refractivity contribution is -0.117. The molecule has 36 heavy (non-hydrogen) atoms. The zero-order chi connectivity index (χ0) is 25.4. The molecule has 1 atom stereocenters. The number of hydrogen-bond donors (Lipinski definition) is 1. The van der Waals surface area contributed by atoms with E-state index in [4.69, 9.17) is 4.42 Å². The molecule has 1 unspecified atom stereocenters. The fraction of sp³-hybridized carbons (Fsp3) is 0.200. The number of aryl methyl sites for hydroxylation is 1. The van der Waals surface area contributed by atoms with Crippen LogP contribution < -0.4 is 9.80 Å². The van der Waals surface area contributed by atoms with Gasteiger partial charge in [0.05, 0.1) is 11.6 Å².